The highest BCUT2D eigenvalue weighted by Crippen LogP contribution is 2.29. The lowest BCUT2D eigenvalue weighted by Gasteiger charge is -2.33. The zero-order valence-corrected chi connectivity index (χ0v) is 15.2. The zero-order valence-electron chi connectivity index (χ0n) is 15.2. The molecule has 1 aliphatic heterocycles. The molecule has 0 saturated carbocycles. The molecule has 2 unspecified atom stereocenters. The Kier molecular flexibility index (Phi) is 4.98. The molecular formula is C19H21FN4O3. The summed E-state index contributed by atoms with van der Waals surface area (Å²) in [4.78, 5) is 29.2. The minimum atomic E-state index is -0.856. The van der Waals surface area contributed by atoms with E-state index in [1.54, 1.807) is 39.1 Å². The van der Waals surface area contributed by atoms with Crippen LogP contribution in [-0.4, -0.2) is 28.6 Å². The summed E-state index contributed by atoms with van der Waals surface area (Å²) in [5.74, 6) is -0.274. The predicted molar refractivity (Wildman–Crippen MR) is 98.8 cm³/mol. The fourth-order valence-corrected chi connectivity index (χ4v) is 2.74. The zero-order chi connectivity index (χ0) is 19.6. The van der Waals surface area contributed by atoms with Crippen molar-refractivity contribution in [3.05, 3.63) is 54.0 Å². The van der Waals surface area contributed by atoms with E-state index in [0.29, 0.717) is 17.1 Å². The molecule has 2 amide bonds. The number of carbonyl (C=O) groups is 2. The van der Waals surface area contributed by atoms with E-state index >= 15 is 0 Å². The Bertz CT molecular complexity index is 849. The fourth-order valence-electron chi connectivity index (χ4n) is 2.74. The highest BCUT2D eigenvalue weighted by atomic mass is 19.1. The van der Waals surface area contributed by atoms with Crippen LogP contribution in [0.25, 0.3) is 0 Å². The summed E-state index contributed by atoms with van der Waals surface area (Å²) in [6.07, 6.45) is 0.910. The van der Waals surface area contributed by atoms with Gasteiger partial charge in [0.25, 0.3) is 0 Å². The number of halogens is 1. The third-order valence-corrected chi connectivity index (χ3v) is 3.87. The van der Waals surface area contributed by atoms with Crippen LogP contribution in [0.5, 0.6) is 0 Å². The van der Waals surface area contributed by atoms with E-state index in [2.05, 4.69) is 20.9 Å². The van der Waals surface area contributed by atoms with Crippen molar-refractivity contribution in [2.45, 2.75) is 38.5 Å². The predicted octanol–water partition coefficient (Wildman–Crippen LogP) is 3.22. The standard InChI is InChI=1S/C19H21FN4O3/c1-19(2,3)27-18(26)24-14(11-6-8-12(20)9-7-11)15-17(25)22-13-5-4-10-21-16(13)23-15/h4-10,14-15H,1-3H3,(H,21,23)(H,22,25)(H,24,26). The molecule has 1 aromatic carbocycles. The largest absolute Gasteiger partial charge is 0.444 e. The second-order valence-electron chi connectivity index (χ2n) is 7.19. The van der Waals surface area contributed by atoms with Gasteiger partial charge in [-0.1, -0.05) is 12.1 Å². The van der Waals surface area contributed by atoms with Gasteiger partial charge in [0.15, 0.2) is 5.82 Å². The van der Waals surface area contributed by atoms with Crippen LogP contribution in [0, 0.1) is 5.82 Å². The molecule has 1 aliphatic rings. The van der Waals surface area contributed by atoms with Gasteiger partial charge in [0.1, 0.15) is 17.5 Å². The summed E-state index contributed by atoms with van der Waals surface area (Å²) in [5.41, 5.74) is 0.400. The number of anilines is 2. The first-order valence-electron chi connectivity index (χ1n) is 8.50. The molecule has 0 spiro atoms. The van der Waals surface area contributed by atoms with Crippen LogP contribution in [0.3, 0.4) is 0 Å². The summed E-state index contributed by atoms with van der Waals surface area (Å²) in [6, 6.07) is 7.34. The highest BCUT2D eigenvalue weighted by molar-refractivity contribution is 6.02. The summed E-state index contributed by atoms with van der Waals surface area (Å²) in [7, 11) is 0. The number of carbonyl (C=O) groups excluding carboxylic acids is 2. The van der Waals surface area contributed by atoms with Crippen molar-refractivity contribution in [3.8, 4) is 0 Å². The molecule has 2 atom stereocenters. The van der Waals surface area contributed by atoms with Gasteiger partial charge in [-0.2, -0.15) is 0 Å². The number of nitrogens with one attached hydrogen (secondary N) is 3. The lowest BCUT2D eigenvalue weighted by atomic mass is 9.97. The number of ether oxygens (including phenoxy) is 1. The van der Waals surface area contributed by atoms with E-state index in [1.807, 2.05) is 0 Å². The van der Waals surface area contributed by atoms with Crippen molar-refractivity contribution >= 4 is 23.5 Å². The number of hydrogen-bond acceptors (Lipinski definition) is 5. The molecule has 27 heavy (non-hydrogen) atoms. The van der Waals surface area contributed by atoms with Crippen LogP contribution >= 0.6 is 0 Å². The number of hydrogen-bond donors (Lipinski definition) is 3. The van der Waals surface area contributed by atoms with Gasteiger partial charge in [-0.25, -0.2) is 14.2 Å². The molecule has 2 aromatic rings. The third kappa shape index (κ3) is 4.52. The number of fused-ring (bicyclic) bond motifs is 1. The van der Waals surface area contributed by atoms with Gasteiger partial charge in [-0.3, -0.25) is 4.79 Å². The van der Waals surface area contributed by atoms with E-state index in [1.165, 1.54) is 24.3 Å². The summed E-state index contributed by atoms with van der Waals surface area (Å²) in [6.45, 7) is 5.22. The van der Waals surface area contributed by atoms with Gasteiger partial charge in [-0.05, 0) is 50.6 Å². The van der Waals surface area contributed by atoms with Crippen molar-refractivity contribution in [3.63, 3.8) is 0 Å². The maximum Gasteiger partial charge on any atom is 0.408 e. The average Bonchev–Trinajstić information content (AvgIpc) is 2.58. The molecule has 2 heterocycles. The summed E-state index contributed by atoms with van der Waals surface area (Å²) < 4.78 is 18.6. The Morgan fingerprint density at radius 3 is 2.63 bits per heavy atom. The quantitative estimate of drug-likeness (QED) is 0.769. The molecule has 0 radical (unpaired) electrons. The van der Waals surface area contributed by atoms with Gasteiger partial charge in [0, 0.05) is 6.20 Å². The molecule has 0 bridgehead atoms. The Morgan fingerprint density at radius 2 is 1.96 bits per heavy atom. The Hall–Kier alpha value is -3.16. The molecule has 0 saturated heterocycles. The first-order valence-corrected chi connectivity index (χ1v) is 8.50. The molecule has 8 heteroatoms. The van der Waals surface area contributed by atoms with E-state index in [9.17, 15) is 14.0 Å². The molecule has 3 rings (SSSR count). The number of rotatable bonds is 3. The smallest absolute Gasteiger partial charge is 0.408 e. The Labute approximate surface area is 156 Å². The monoisotopic (exact) mass is 372 g/mol. The second kappa shape index (κ2) is 7.22. The molecule has 0 fully saturated rings. The first kappa shape index (κ1) is 18.6. The lowest BCUT2D eigenvalue weighted by Crippen LogP contribution is -2.50. The Morgan fingerprint density at radius 1 is 1.26 bits per heavy atom. The van der Waals surface area contributed by atoms with Crippen molar-refractivity contribution in [2.24, 2.45) is 0 Å². The molecular weight excluding hydrogens is 351 g/mol. The average molecular weight is 372 g/mol. The van der Waals surface area contributed by atoms with Gasteiger partial charge in [0.2, 0.25) is 5.91 Å². The first-order chi connectivity index (χ1) is 12.7. The normalized spacial score (nSPS) is 17.2. The fraction of sp³-hybridized carbons (Fsp3) is 0.316. The van der Waals surface area contributed by atoms with Crippen LogP contribution in [-0.2, 0) is 9.53 Å². The number of alkyl carbamates (subject to hydrolysis) is 1. The van der Waals surface area contributed by atoms with E-state index in [-0.39, 0.29) is 5.91 Å². The number of aromatic nitrogens is 1. The minimum absolute atomic E-state index is 0.346. The van der Waals surface area contributed by atoms with E-state index < -0.39 is 29.6 Å². The van der Waals surface area contributed by atoms with Crippen molar-refractivity contribution in [1.82, 2.24) is 10.3 Å². The summed E-state index contributed by atoms with van der Waals surface area (Å²) >= 11 is 0. The lowest BCUT2D eigenvalue weighted by molar-refractivity contribution is -0.117. The van der Waals surface area contributed by atoms with E-state index in [4.69, 9.17) is 4.74 Å². The van der Waals surface area contributed by atoms with Crippen molar-refractivity contribution in [2.75, 3.05) is 10.6 Å². The molecule has 3 N–H and O–H groups in total. The van der Waals surface area contributed by atoms with Crippen molar-refractivity contribution < 1.29 is 18.7 Å². The van der Waals surface area contributed by atoms with Gasteiger partial charge in [-0.15, -0.1) is 0 Å². The molecule has 0 aliphatic carbocycles. The van der Waals surface area contributed by atoms with Crippen LogP contribution < -0.4 is 16.0 Å². The molecule has 7 nitrogen and oxygen atoms in total. The van der Waals surface area contributed by atoms with Crippen LogP contribution in [0.4, 0.5) is 20.7 Å². The number of benzene rings is 1. The Balaban J connectivity index is 1.91. The van der Waals surface area contributed by atoms with Crippen LogP contribution in [0.2, 0.25) is 0 Å². The highest BCUT2D eigenvalue weighted by Gasteiger charge is 2.36. The topological polar surface area (TPSA) is 92.3 Å². The molecule has 1 aromatic heterocycles. The maximum absolute atomic E-state index is 13.3. The number of nitrogens with zero attached hydrogens (tertiary/aromatic N) is 1. The summed E-state index contributed by atoms with van der Waals surface area (Å²) in [5, 5.41) is 8.51. The van der Waals surface area contributed by atoms with E-state index in [0.717, 1.165) is 0 Å². The minimum Gasteiger partial charge on any atom is -0.444 e. The van der Waals surface area contributed by atoms with Crippen LogP contribution in [0.15, 0.2) is 42.6 Å². The van der Waals surface area contributed by atoms with Crippen molar-refractivity contribution in [1.29, 1.82) is 0 Å². The maximum atomic E-state index is 13.3. The number of pyridine rings is 1. The third-order valence-electron chi connectivity index (χ3n) is 3.87. The van der Waals surface area contributed by atoms with Crippen LogP contribution in [0.1, 0.15) is 32.4 Å². The van der Waals surface area contributed by atoms with Gasteiger partial charge >= 0.3 is 6.09 Å². The van der Waals surface area contributed by atoms with Gasteiger partial charge < -0.3 is 20.7 Å². The van der Waals surface area contributed by atoms with Gasteiger partial charge in [0.05, 0.1) is 11.7 Å². The number of amides is 2. The SMILES string of the molecule is CC(C)(C)OC(=O)NC(c1ccc(F)cc1)C1Nc2ncccc2NC1=O. The molecule has 142 valence electrons. The second-order valence-corrected chi connectivity index (χ2v) is 7.19.